The molecule has 8 unspecified atom stereocenters. The van der Waals surface area contributed by atoms with E-state index in [4.69, 9.17) is 0 Å². The molecule has 0 aliphatic heterocycles. The number of allylic oxidation sites excluding steroid dienone is 8. The topological polar surface area (TPSA) is 0 Å². The molecule has 28 heavy (non-hydrogen) atoms. The van der Waals surface area contributed by atoms with Crippen LogP contribution in [0.1, 0.15) is 69.2 Å². The van der Waals surface area contributed by atoms with Gasteiger partial charge in [-0.25, -0.2) is 0 Å². The molecule has 0 radical (unpaired) electrons. The Morgan fingerprint density at radius 2 is 0.500 bits per heavy atom. The summed E-state index contributed by atoms with van der Waals surface area (Å²) in [5.74, 6) is 8.32. The molecule has 0 nitrogen and oxygen atoms in total. The fourth-order valence-corrected chi connectivity index (χ4v) is 3.51. The predicted octanol–water partition coefficient (Wildman–Crippen LogP) is 8.59. The van der Waals surface area contributed by atoms with Gasteiger partial charge in [-0.15, -0.1) is 0 Å². The van der Waals surface area contributed by atoms with E-state index in [0.717, 1.165) is 59.2 Å². The lowest BCUT2D eigenvalue weighted by atomic mass is 9.74. The van der Waals surface area contributed by atoms with Crippen molar-refractivity contribution in [2.75, 3.05) is 0 Å². The third kappa shape index (κ3) is 8.54. The van der Waals surface area contributed by atoms with Crippen LogP contribution in [0.25, 0.3) is 0 Å². The highest BCUT2D eigenvalue weighted by Crippen LogP contribution is 2.32. The van der Waals surface area contributed by atoms with E-state index in [1.54, 1.807) is 0 Å². The van der Waals surface area contributed by atoms with Crippen LogP contribution < -0.4 is 0 Å². The lowest BCUT2D eigenvalue weighted by Crippen LogP contribution is -2.24. The molecule has 4 aliphatic rings. The SMILES string of the molecule is CC1C=C1.CC1C=CC(C)C(C)C1C.CC1C=CC(C)C1C.CC1C=CC1C. The molecular weight excluding hydrogens is 336 g/mol. The largest absolute Gasteiger partial charge is 0.0851 e. The number of hydrogen-bond acceptors (Lipinski definition) is 0. The summed E-state index contributed by atoms with van der Waals surface area (Å²) in [6.07, 6.45) is 18.2. The Hall–Kier alpha value is -1.04. The van der Waals surface area contributed by atoms with Crippen LogP contribution in [0.4, 0.5) is 0 Å². The molecule has 4 rings (SSSR count). The minimum absolute atomic E-state index is 0.784. The van der Waals surface area contributed by atoms with E-state index in [-0.39, 0.29) is 0 Å². The molecule has 0 amide bonds. The van der Waals surface area contributed by atoms with Gasteiger partial charge >= 0.3 is 0 Å². The minimum atomic E-state index is 0.784. The Morgan fingerprint density at radius 1 is 0.286 bits per heavy atom. The summed E-state index contributed by atoms with van der Waals surface area (Å²) in [5, 5.41) is 0. The molecule has 160 valence electrons. The van der Waals surface area contributed by atoms with Crippen LogP contribution in [0.3, 0.4) is 0 Å². The van der Waals surface area contributed by atoms with Crippen LogP contribution in [0.15, 0.2) is 48.6 Å². The Bertz CT molecular complexity index is 504. The summed E-state index contributed by atoms with van der Waals surface area (Å²) >= 11 is 0. The first-order chi connectivity index (χ1) is 13.0. The second kappa shape index (κ2) is 11.8. The molecule has 0 aromatic rings. The summed E-state index contributed by atoms with van der Waals surface area (Å²) in [6, 6.07) is 0. The van der Waals surface area contributed by atoms with Crippen molar-refractivity contribution in [2.24, 2.45) is 59.2 Å². The van der Waals surface area contributed by atoms with Gasteiger partial charge in [-0.05, 0) is 59.2 Å². The van der Waals surface area contributed by atoms with Crippen molar-refractivity contribution in [2.45, 2.75) is 69.2 Å². The Labute approximate surface area is 177 Å². The molecule has 0 aromatic heterocycles. The highest BCUT2D eigenvalue weighted by atomic mass is 14.3. The summed E-state index contributed by atoms with van der Waals surface area (Å²) in [4.78, 5) is 0. The third-order valence-electron chi connectivity index (χ3n) is 7.71. The van der Waals surface area contributed by atoms with E-state index in [1.807, 2.05) is 0 Å². The zero-order valence-corrected chi connectivity index (χ0v) is 20.4. The fraction of sp³-hybridized carbons (Fsp3) is 0.714. The average Bonchev–Trinajstić information content (AvgIpc) is 3.42. The fourth-order valence-electron chi connectivity index (χ4n) is 3.51. The van der Waals surface area contributed by atoms with Crippen LogP contribution in [0.5, 0.6) is 0 Å². The smallest absolute Gasteiger partial charge is 0.00815 e. The standard InChI is InChI=1S/C10H18.C8H14.C6H10.C4H6/c1-7-5-6-8(2)10(4)9(7)3;1-6-4-5-7(2)8(6)3;1-5-3-4-6(5)2;1-4-2-3-4/h5-10H,1-4H3;4-8H,1-3H3;3-6H,1-2H3;2-4H,1H3. The Morgan fingerprint density at radius 3 is 0.607 bits per heavy atom. The molecule has 0 heteroatoms. The van der Waals surface area contributed by atoms with Gasteiger partial charge in [0.25, 0.3) is 0 Å². The van der Waals surface area contributed by atoms with Crippen molar-refractivity contribution >= 4 is 0 Å². The third-order valence-corrected chi connectivity index (χ3v) is 7.71. The predicted molar refractivity (Wildman–Crippen MR) is 128 cm³/mol. The molecule has 0 saturated carbocycles. The first-order valence-corrected chi connectivity index (χ1v) is 11.8. The maximum Gasteiger partial charge on any atom is -0.00815 e. The van der Waals surface area contributed by atoms with E-state index >= 15 is 0 Å². The summed E-state index contributed by atoms with van der Waals surface area (Å²) in [5.41, 5.74) is 0. The molecule has 0 bridgehead atoms. The Balaban J connectivity index is 0.000000195. The van der Waals surface area contributed by atoms with Gasteiger partial charge in [-0.3, -0.25) is 0 Å². The lowest BCUT2D eigenvalue weighted by molar-refractivity contribution is 0.250. The first-order valence-electron chi connectivity index (χ1n) is 11.8. The van der Waals surface area contributed by atoms with Crippen molar-refractivity contribution in [3.63, 3.8) is 0 Å². The van der Waals surface area contributed by atoms with Gasteiger partial charge in [-0.1, -0.05) is 118 Å². The van der Waals surface area contributed by atoms with Gasteiger partial charge in [0.15, 0.2) is 0 Å². The van der Waals surface area contributed by atoms with Crippen LogP contribution in [-0.4, -0.2) is 0 Å². The average molecular weight is 385 g/mol. The maximum atomic E-state index is 2.36. The second-order valence-electron chi connectivity index (χ2n) is 10.1. The van der Waals surface area contributed by atoms with Crippen LogP contribution in [0, 0.1) is 59.2 Å². The highest BCUT2D eigenvalue weighted by molar-refractivity contribution is 5.10. The summed E-state index contributed by atoms with van der Waals surface area (Å²) in [7, 11) is 0. The normalized spacial score (nSPS) is 42.3. The molecule has 0 aromatic carbocycles. The highest BCUT2D eigenvalue weighted by Gasteiger charge is 2.24. The van der Waals surface area contributed by atoms with E-state index < -0.39 is 0 Å². The van der Waals surface area contributed by atoms with Gasteiger partial charge < -0.3 is 0 Å². The first kappa shape index (κ1) is 25.0. The molecule has 0 saturated heterocycles. The van der Waals surface area contributed by atoms with Crippen LogP contribution in [0.2, 0.25) is 0 Å². The van der Waals surface area contributed by atoms with Crippen molar-refractivity contribution in [1.82, 2.24) is 0 Å². The van der Waals surface area contributed by atoms with Gasteiger partial charge in [0.05, 0.1) is 0 Å². The van der Waals surface area contributed by atoms with Crippen LogP contribution in [-0.2, 0) is 0 Å². The summed E-state index contributed by atoms with van der Waals surface area (Å²) in [6.45, 7) is 22.9. The molecule has 0 fully saturated rings. The molecule has 0 spiro atoms. The molecule has 4 aliphatic carbocycles. The van der Waals surface area contributed by atoms with Crippen molar-refractivity contribution in [3.8, 4) is 0 Å². The van der Waals surface area contributed by atoms with Gasteiger partial charge in [0.1, 0.15) is 0 Å². The van der Waals surface area contributed by atoms with E-state index in [0.29, 0.717) is 0 Å². The molecule has 8 atom stereocenters. The number of hydrogen-bond donors (Lipinski definition) is 0. The monoisotopic (exact) mass is 384 g/mol. The number of rotatable bonds is 0. The lowest BCUT2D eigenvalue weighted by Gasteiger charge is -2.31. The molecular formula is C28H48. The molecule has 0 N–H and O–H groups in total. The Kier molecular flexibility index (Phi) is 10.6. The van der Waals surface area contributed by atoms with Gasteiger partial charge in [0, 0.05) is 0 Å². The van der Waals surface area contributed by atoms with E-state index in [1.165, 1.54) is 0 Å². The maximum absolute atomic E-state index is 2.36. The van der Waals surface area contributed by atoms with Crippen LogP contribution >= 0.6 is 0 Å². The second-order valence-corrected chi connectivity index (χ2v) is 10.1. The summed E-state index contributed by atoms with van der Waals surface area (Å²) < 4.78 is 0. The molecule has 0 heterocycles. The van der Waals surface area contributed by atoms with Gasteiger partial charge in [0.2, 0.25) is 0 Å². The quantitative estimate of drug-likeness (QED) is 0.367. The van der Waals surface area contributed by atoms with Crippen molar-refractivity contribution in [1.29, 1.82) is 0 Å². The van der Waals surface area contributed by atoms with Crippen molar-refractivity contribution in [3.05, 3.63) is 48.6 Å². The van der Waals surface area contributed by atoms with Gasteiger partial charge in [-0.2, -0.15) is 0 Å². The van der Waals surface area contributed by atoms with Crippen molar-refractivity contribution < 1.29 is 0 Å². The minimum Gasteiger partial charge on any atom is -0.0851 e. The van der Waals surface area contributed by atoms with E-state index in [9.17, 15) is 0 Å². The zero-order valence-electron chi connectivity index (χ0n) is 20.4. The van der Waals surface area contributed by atoms with E-state index in [2.05, 4.69) is 118 Å². The zero-order chi connectivity index (χ0) is 21.4.